The SMILES string of the molecule is O=C(NC(CC(F)(F)F)C(=O)O)c1cc2c(s1)CCOC2. The van der Waals surface area contributed by atoms with Crippen molar-refractivity contribution in [3.8, 4) is 0 Å². The topological polar surface area (TPSA) is 75.6 Å². The van der Waals surface area contributed by atoms with E-state index < -0.39 is 30.5 Å². The summed E-state index contributed by atoms with van der Waals surface area (Å²) in [4.78, 5) is 23.8. The Balaban J connectivity index is 2.08. The first kappa shape index (κ1) is 15.8. The Kier molecular flexibility index (Phi) is 4.52. The normalized spacial score (nSPS) is 16.1. The number of fused-ring (bicyclic) bond motifs is 1. The van der Waals surface area contributed by atoms with Gasteiger partial charge in [0.2, 0.25) is 0 Å². The van der Waals surface area contributed by atoms with E-state index in [4.69, 9.17) is 9.84 Å². The molecule has 0 saturated heterocycles. The van der Waals surface area contributed by atoms with Gasteiger partial charge in [-0.05, 0) is 11.6 Å². The standard InChI is InChI=1S/C12H12F3NO4S/c13-12(14,15)4-7(11(18)19)16-10(17)9-3-6-5-20-2-1-8(6)21-9/h3,7H,1-2,4-5H2,(H,16,17)(H,18,19). The summed E-state index contributed by atoms with van der Waals surface area (Å²) in [5, 5.41) is 10.7. The summed E-state index contributed by atoms with van der Waals surface area (Å²) in [6, 6.07) is -0.464. The molecule has 1 unspecified atom stereocenters. The van der Waals surface area contributed by atoms with Gasteiger partial charge in [-0.3, -0.25) is 4.79 Å². The minimum absolute atomic E-state index is 0.193. The number of aliphatic carboxylic acids is 1. The maximum Gasteiger partial charge on any atom is 0.391 e. The molecule has 0 aromatic carbocycles. The first-order valence-corrected chi connectivity index (χ1v) is 6.87. The smallest absolute Gasteiger partial charge is 0.391 e. The van der Waals surface area contributed by atoms with Crippen LogP contribution in [0.2, 0.25) is 0 Å². The summed E-state index contributed by atoms with van der Waals surface area (Å²) in [7, 11) is 0. The number of carbonyl (C=O) groups excluding carboxylic acids is 1. The maximum atomic E-state index is 12.3. The first-order chi connectivity index (χ1) is 9.76. The summed E-state index contributed by atoms with van der Waals surface area (Å²) < 4.78 is 42.0. The van der Waals surface area contributed by atoms with Crippen LogP contribution in [0, 0.1) is 0 Å². The number of carboxylic acids is 1. The van der Waals surface area contributed by atoms with Crippen LogP contribution in [0.1, 0.15) is 26.5 Å². The molecule has 0 spiro atoms. The third-order valence-corrected chi connectivity index (χ3v) is 4.13. The number of carboxylic acid groups (broad SMARTS) is 1. The fraction of sp³-hybridized carbons (Fsp3) is 0.500. The number of nitrogens with one attached hydrogen (secondary N) is 1. The molecule has 5 nitrogen and oxygen atoms in total. The van der Waals surface area contributed by atoms with E-state index in [1.54, 1.807) is 0 Å². The van der Waals surface area contributed by atoms with Crippen LogP contribution >= 0.6 is 11.3 Å². The van der Waals surface area contributed by atoms with Crippen LogP contribution in [-0.2, 0) is 22.6 Å². The largest absolute Gasteiger partial charge is 0.480 e. The number of hydrogen-bond acceptors (Lipinski definition) is 4. The van der Waals surface area contributed by atoms with Gasteiger partial charge in [0, 0.05) is 11.3 Å². The molecule has 0 aliphatic carbocycles. The fourth-order valence-corrected chi connectivity index (χ4v) is 2.97. The van der Waals surface area contributed by atoms with Crippen molar-refractivity contribution in [3.63, 3.8) is 0 Å². The van der Waals surface area contributed by atoms with E-state index in [1.165, 1.54) is 6.07 Å². The van der Waals surface area contributed by atoms with Gasteiger partial charge < -0.3 is 15.2 Å². The number of hydrogen-bond donors (Lipinski definition) is 2. The van der Waals surface area contributed by atoms with Crippen LogP contribution < -0.4 is 5.32 Å². The summed E-state index contributed by atoms with van der Waals surface area (Å²) in [5.41, 5.74) is 0.819. The molecule has 2 rings (SSSR count). The van der Waals surface area contributed by atoms with Crippen LogP contribution in [-0.4, -0.2) is 35.8 Å². The van der Waals surface area contributed by atoms with E-state index in [9.17, 15) is 22.8 Å². The second-order valence-electron chi connectivity index (χ2n) is 4.55. The predicted molar refractivity (Wildman–Crippen MR) is 67.2 cm³/mol. The van der Waals surface area contributed by atoms with Crippen LogP contribution in [0.15, 0.2) is 6.07 Å². The molecular weight excluding hydrogens is 311 g/mol. The zero-order chi connectivity index (χ0) is 15.6. The highest BCUT2D eigenvalue weighted by Gasteiger charge is 2.36. The molecule has 1 aliphatic rings. The lowest BCUT2D eigenvalue weighted by Crippen LogP contribution is -2.43. The van der Waals surface area contributed by atoms with Crippen molar-refractivity contribution in [3.05, 3.63) is 21.4 Å². The monoisotopic (exact) mass is 323 g/mol. The zero-order valence-electron chi connectivity index (χ0n) is 10.7. The Morgan fingerprint density at radius 3 is 2.76 bits per heavy atom. The Labute approximate surface area is 121 Å². The number of ether oxygens (including phenoxy) is 1. The van der Waals surface area contributed by atoms with Gasteiger partial charge in [0.15, 0.2) is 0 Å². The molecule has 0 radical (unpaired) electrons. The lowest BCUT2D eigenvalue weighted by molar-refractivity contribution is -0.157. The van der Waals surface area contributed by atoms with Gasteiger partial charge in [0.1, 0.15) is 6.04 Å². The Hall–Kier alpha value is -1.61. The van der Waals surface area contributed by atoms with Crippen molar-refractivity contribution in [2.24, 2.45) is 0 Å². The average molecular weight is 323 g/mol. The minimum Gasteiger partial charge on any atom is -0.480 e. The molecule has 0 bridgehead atoms. The highest BCUT2D eigenvalue weighted by molar-refractivity contribution is 7.14. The van der Waals surface area contributed by atoms with Crippen LogP contribution in [0.3, 0.4) is 0 Å². The number of carbonyl (C=O) groups is 2. The van der Waals surface area contributed by atoms with E-state index in [0.29, 0.717) is 19.6 Å². The van der Waals surface area contributed by atoms with E-state index in [0.717, 1.165) is 21.8 Å². The molecular formula is C12H12F3NO4S. The van der Waals surface area contributed by atoms with Crippen molar-refractivity contribution >= 4 is 23.2 Å². The van der Waals surface area contributed by atoms with E-state index in [1.807, 2.05) is 5.32 Å². The fourth-order valence-electron chi connectivity index (χ4n) is 1.92. The second kappa shape index (κ2) is 6.02. The van der Waals surface area contributed by atoms with Crippen LogP contribution in [0.4, 0.5) is 13.2 Å². The zero-order valence-corrected chi connectivity index (χ0v) is 11.5. The molecule has 1 aromatic heterocycles. The molecule has 21 heavy (non-hydrogen) atoms. The molecule has 2 N–H and O–H groups in total. The molecule has 2 heterocycles. The van der Waals surface area contributed by atoms with Crippen LogP contribution in [0.25, 0.3) is 0 Å². The van der Waals surface area contributed by atoms with Gasteiger partial charge in [-0.1, -0.05) is 0 Å². The number of thiophene rings is 1. The van der Waals surface area contributed by atoms with Crippen molar-refractivity contribution in [2.45, 2.75) is 31.7 Å². The van der Waals surface area contributed by atoms with Crippen molar-refractivity contribution in [1.29, 1.82) is 0 Å². The number of amides is 1. The average Bonchev–Trinajstić information content (AvgIpc) is 2.80. The molecule has 1 atom stereocenters. The van der Waals surface area contributed by atoms with E-state index >= 15 is 0 Å². The molecule has 1 aromatic rings. The Bertz CT molecular complexity index is 532. The van der Waals surface area contributed by atoms with Gasteiger partial charge in [-0.25, -0.2) is 4.79 Å². The molecule has 116 valence electrons. The molecule has 9 heteroatoms. The molecule has 1 amide bonds. The third-order valence-electron chi connectivity index (χ3n) is 2.89. The summed E-state index contributed by atoms with van der Waals surface area (Å²) in [5.74, 6) is -2.53. The first-order valence-electron chi connectivity index (χ1n) is 6.06. The molecule has 1 aliphatic heterocycles. The van der Waals surface area contributed by atoms with Gasteiger partial charge >= 0.3 is 12.1 Å². The minimum atomic E-state index is -4.67. The Morgan fingerprint density at radius 1 is 1.48 bits per heavy atom. The number of alkyl halides is 3. The highest BCUT2D eigenvalue weighted by atomic mass is 32.1. The lowest BCUT2D eigenvalue weighted by Gasteiger charge is -2.15. The van der Waals surface area contributed by atoms with Gasteiger partial charge in [-0.2, -0.15) is 13.2 Å². The Morgan fingerprint density at radius 2 is 2.19 bits per heavy atom. The maximum absolute atomic E-state index is 12.3. The van der Waals surface area contributed by atoms with Gasteiger partial charge in [0.05, 0.1) is 24.5 Å². The summed E-state index contributed by atoms with van der Waals surface area (Å²) >= 11 is 1.15. The number of rotatable bonds is 4. The quantitative estimate of drug-likeness (QED) is 0.888. The van der Waals surface area contributed by atoms with Gasteiger partial charge in [-0.15, -0.1) is 11.3 Å². The predicted octanol–water partition coefficient (Wildman–Crippen LogP) is 1.96. The van der Waals surface area contributed by atoms with E-state index in [-0.39, 0.29) is 4.88 Å². The van der Waals surface area contributed by atoms with Crippen molar-refractivity contribution < 1.29 is 32.6 Å². The van der Waals surface area contributed by atoms with E-state index in [2.05, 4.69) is 0 Å². The van der Waals surface area contributed by atoms with Crippen molar-refractivity contribution in [2.75, 3.05) is 6.61 Å². The third kappa shape index (κ3) is 4.18. The summed E-state index contributed by atoms with van der Waals surface area (Å²) in [6.45, 7) is 0.879. The van der Waals surface area contributed by atoms with Crippen LogP contribution in [0.5, 0.6) is 0 Å². The lowest BCUT2D eigenvalue weighted by atomic mass is 10.1. The van der Waals surface area contributed by atoms with Crippen molar-refractivity contribution in [1.82, 2.24) is 5.32 Å². The van der Waals surface area contributed by atoms with Gasteiger partial charge in [0.25, 0.3) is 5.91 Å². The highest BCUT2D eigenvalue weighted by Crippen LogP contribution is 2.27. The number of halogens is 3. The molecule has 0 saturated carbocycles. The summed E-state index contributed by atoms with van der Waals surface area (Å²) in [6.07, 6.45) is -5.64. The molecule has 0 fully saturated rings. The second-order valence-corrected chi connectivity index (χ2v) is 5.68.